The summed E-state index contributed by atoms with van der Waals surface area (Å²) < 4.78 is 27.8. The number of benzene rings is 1. The first-order valence-electron chi connectivity index (χ1n) is 4.56. The van der Waals surface area contributed by atoms with Crippen molar-refractivity contribution in [2.75, 3.05) is 7.11 Å². The summed E-state index contributed by atoms with van der Waals surface area (Å²) in [7, 11) is -2.47. The number of nitrogens with two attached hydrogens (primary N) is 1. The molecule has 0 spiro atoms. The number of primary sulfonamides is 1. The summed E-state index contributed by atoms with van der Waals surface area (Å²) in [5, 5.41) is 13.6. The highest BCUT2D eigenvalue weighted by Gasteiger charge is 2.19. The Labute approximate surface area is 94.5 Å². The van der Waals surface area contributed by atoms with E-state index in [1.807, 2.05) is 6.07 Å². The first-order chi connectivity index (χ1) is 7.50. The highest BCUT2D eigenvalue weighted by molar-refractivity contribution is 7.89. The Kier molecular flexibility index (Phi) is 3.88. The molecule has 0 aliphatic rings. The maximum Gasteiger partial charge on any atom is 0.242 e. The largest absolute Gasteiger partial charge is 0.495 e. The molecule has 86 valence electrons. The molecule has 0 aromatic heterocycles. The topological polar surface area (TPSA) is 93.2 Å². The Bertz CT molecular complexity index is 517. The Morgan fingerprint density at radius 2 is 2.19 bits per heavy atom. The smallest absolute Gasteiger partial charge is 0.242 e. The standard InChI is InChI=1S/C10H12N2O3S/c1-15-9-6-2-4-8(5-3-7-11)10(9)16(12,13)14/h2,4,6H,3,5H2,1H3,(H2,12,13,14). The number of sulfonamides is 1. The third kappa shape index (κ3) is 2.72. The van der Waals surface area contributed by atoms with Gasteiger partial charge in [-0.05, 0) is 18.1 Å². The molecule has 0 saturated heterocycles. The zero-order valence-corrected chi connectivity index (χ0v) is 9.62. The van der Waals surface area contributed by atoms with Crippen molar-refractivity contribution >= 4 is 10.0 Å². The average Bonchev–Trinajstić information content (AvgIpc) is 2.24. The van der Waals surface area contributed by atoms with Crippen LogP contribution < -0.4 is 9.88 Å². The van der Waals surface area contributed by atoms with E-state index in [0.717, 1.165) is 0 Å². The van der Waals surface area contributed by atoms with Gasteiger partial charge < -0.3 is 4.74 Å². The van der Waals surface area contributed by atoms with Crippen molar-refractivity contribution in [2.45, 2.75) is 17.7 Å². The second-order valence-corrected chi connectivity index (χ2v) is 4.65. The lowest BCUT2D eigenvalue weighted by molar-refractivity contribution is 0.401. The second kappa shape index (κ2) is 4.96. The molecular weight excluding hydrogens is 228 g/mol. The van der Waals surface area contributed by atoms with Crippen LogP contribution in [-0.2, 0) is 16.4 Å². The Balaban J connectivity index is 3.34. The summed E-state index contributed by atoms with van der Waals surface area (Å²) in [5.74, 6) is 0.206. The molecule has 1 aromatic carbocycles. The molecular formula is C10H12N2O3S. The predicted molar refractivity (Wildman–Crippen MR) is 58.3 cm³/mol. The van der Waals surface area contributed by atoms with Crippen LogP contribution in [0.1, 0.15) is 12.0 Å². The van der Waals surface area contributed by atoms with Gasteiger partial charge >= 0.3 is 0 Å². The minimum absolute atomic E-state index is 0.0345. The van der Waals surface area contributed by atoms with Gasteiger partial charge in [0, 0.05) is 6.42 Å². The molecule has 0 aliphatic heterocycles. The van der Waals surface area contributed by atoms with Crippen molar-refractivity contribution in [1.82, 2.24) is 0 Å². The first-order valence-corrected chi connectivity index (χ1v) is 6.11. The molecule has 0 saturated carbocycles. The van der Waals surface area contributed by atoms with Crippen molar-refractivity contribution in [1.29, 1.82) is 5.26 Å². The summed E-state index contributed by atoms with van der Waals surface area (Å²) in [4.78, 5) is -0.0345. The van der Waals surface area contributed by atoms with E-state index in [9.17, 15) is 8.42 Å². The summed E-state index contributed by atoms with van der Waals surface area (Å²) in [5.41, 5.74) is 0.503. The monoisotopic (exact) mass is 240 g/mol. The summed E-state index contributed by atoms with van der Waals surface area (Å²) in [6, 6.07) is 6.77. The van der Waals surface area contributed by atoms with Gasteiger partial charge in [-0.3, -0.25) is 0 Å². The van der Waals surface area contributed by atoms with Crippen LogP contribution in [0.15, 0.2) is 23.1 Å². The number of hydrogen-bond donors (Lipinski definition) is 1. The van der Waals surface area contributed by atoms with E-state index in [0.29, 0.717) is 12.0 Å². The van der Waals surface area contributed by atoms with E-state index in [-0.39, 0.29) is 17.1 Å². The van der Waals surface area contributed by atoms with Crippen LogP contribution in [0, 0.1) is 11.3 Å². The zero-order chi connectivity index (χ0) is 12.2. The molecule has 0 unspecified atom stereocenters. The fourth-order valence-electron chi connectivity index (χ4n) is 1.43. The zero-order valence-electron chi connectivity index (χ0n) is 8.80. The van der Waals surface area contributed by atoms with Crippen LogP contribution >= 0.6 is 0 Å². The predicted octanol–water partition coefficient (Wildman–Crippen LogP) is 0.799. The fraction of sp³-hybridized carbons (Fsp3) is 0.300. The van der Waals surface area contributed by atoms with Crippen molar-refractivity contribution in [2.24, 2.45) is 5.14 Å². The summed E-state index contributed by atoms with van der Waals surface area (Å²) in [6.45, 7) is 0. The van der Waals surface area contributed by atoms with E-state index in [2.05, 4.69) is 0 Å². The highest BCUT2D eigenvalue weighted by Crippen LogP contribution is 2.26. The van der Waals surface area contributed by atoms with Gasteiger partial charge in [-0.1, -0.05) is 12.1 Å². The molecule has 0 bridgehead atoms. The van der Waals surface area contributed by atoms with Crippen LogP contribution in [0.4, 0.5) is 0 Å². The van der Waals surface area contributed by atoms with Crippen LogP contribution in [-0.4, -0.2) is 15.5 Å². The van der Waals surface area contributed by atoms with Crippen LogP contribution in [0.5, 0.6) is 5.75 Å². The van der Waals surface area contributed by atoms with E-state index >= 15 is 0 Å². The summed E-state index contributed by atoms with van der Waals surface area (Å²) in [6.07, 6.45) is 0.565. The molecule has 5 nitrogen and oxygen atoms in total. The quantitative estimate of drug-likeness (QED) is 0.842. The maximum atomic E-state index is 11.4. The van der Waals surface area contributed by atoms with Gasteiger partial charge in [0.05, 0.1) is 13.2 Å². The van der Waals surface area contributed by atoms with Crippen LogP contribution in [0.3, 0.4) is 0 Å². The third-order valence-corrected chi connectivity index (χ3v) is 3.10. The fourth-order valence-corrected chi connectivity index (χ4v) is 2.40. The van der Waals surface area contributed by atoms with Gasteiger partial charge in [0.15, 0.2) is 0 Å². The molecule has 1 aromatic rings. The molecule has 1 rings (SSSR count). The lowest BCUT2D eigenvalue weighted by atomic mass is 10.1. The van der Waals surface area contributed by atoms with Crippen LogP contribution in [0.25, 0.3) is 0 Å². The molecule has 0 aliphatic carbocycles. The molecule has 0 radical (unpaired) electrons. The van der Waals surface area contributed by atoms with Gasteiger partial charge in [-0.15, -0.1) is 0 Å². The van der Waals surface area contributed by atoms with Crippen molar-refractivity contribution in [3.63, 3.8) is 0 Å². The lowest BCUT2D eigenvalue weighted by Gasteiger charge is -2.10. The first kappa shape index (κ1) is 12.5. The molecule has 0 fully saturated rings. The normalized spacial score (nSPS) is 10.8. The molecule has 0 heterocycles. The van der Waals surface area contributed by atoms with Gasteiger partial charge in [0.2, 0.25) is 10.0 Å². The number of hydrogen-bond acceptors (Lipinski definition) is 4. The van der Waals surface area contributed by atoms with E-state index < -0.39 is 10.0 Å². The van der Waals surface area contributed by atoms with E-state index in [4.69, 9.17) is 15.1 Å². The van der Waals surface area contributed by atoms with Gasteiger partial charge in [-0.25, -0.2) is 13.6 Å². The number of nitrogens with zero attached hydrogens (tertiary/aromatic N) is 1. The highest BCUT2D eigenvalue weighted by atomic mass is 32.2. The third-order valence-electron chi connectivity index (χ3n) is 2.07. The second-order valence-electron chi connectivity index (χ2n) is 3.15. The number of rotatable bonds is 4. The number of aryl methyl sites for hydroxylation is 1. The Hall–Kier alpha value is -1.58. The van der Waals surface area contributed by atoms with Crippen molar-refractivity contribution < 1.29 is 13.2 Å². The molecule has 6 heteroatoms. The van der Waals surface area contributed by atoms with Crippen molar-refractivity contribution in [3.8, 4) is 11.8 Å². The van der Waals surface area contributed by atoms with E-state index in [1.165, 1.54) is 13.2 Å². The van der Waals surface area contributed by atoms with Crippen LogP contribution in [0.2, 0.25) is 0 Å². The molecule has 0 atom stereocenters. The minimum atomic E-state index is -3.84. The molecule has 2 N–H and O–H groups in total. The van der Waals surface area contributed by atoms with Gasteiger partial charge in [0.1, 0.15) is 10.6 Å². The Morgan fingerprint density at radius 3 is 2.69 bits per heavy atom. The Morgan fingerprint density at radius 1 is 1.50 bits per heavy atom. The average molecular weight is 240 g/mol. The number of nitriles is 1. The van der Waals surface area contributed by atoms with Gasteiger partial charge in [0.25, 0.3) is 0 Å². The SMILES string of the molecule is COc1cccc(CCC#N)c1S(N)(=O)=O. The maximum absolute atomic E-state index is 11.4. The molecule has 16 heavy (non-hydrogen) atoms. The number of methoxy groups -OCH3 is 1. The van der Waals surface area contributed by atoms with Crippen molar-refractivity contribution in [3.05, 3.63) is 23.8 Å². The number of ether oxygens (including phenoxy) is 1. The lowest BCUT2D eigenvalue weighted by Crippen LogP contribution is -2.16. The minimum Gasteiger partial charge on any atom is -0.495 e. The van der Waals surface area contributed by atoms with Gasteiger partial charge in [-0.2, -0.15) is 5.26 Å². The summed E-state index contributed by atoms with van der Waals surface area (Å²) >= 11 is 0. The van der Waals surface area contributed by atoms with E-state index in [1.54, 1.807) is 12.1 Å². The molecule has 0 amide bonds.